The molecule has 2 amide bonds. The number of piperidine rings is 1. The molecule has 2 N–H and O–H groups in total. The van der Waals surface area contributed by atoms with E-state index in [-0.39, 0.29) is 24.2 Å². The van der Waals surface area contributed by atoms with E-state index in [0.29, 0.717) is 5.13 Å². The van der Waals surface area contributed by atoms with E-state index in [4.69, 9.17) is 0 Å². The molecule has 29 heavy (non-hydrogen) atoms. The first kappa shape index (κ1) is 21.5. The number of anilines is 1. The van der Waals surface area contributed by atoms with Gasteiger partial charge in [0.1, 0.15) is 6.04 Å². The summed E-state index contributed by atoms with van der Waals surface area (Å²) in [6.45, 7) is 6.91. The minimum absolute atomic E-state index is 0.0255. The standard InChI is InChI=1S/C22H30N4O2S/c1-16(2)20(24-19(27)13-17-9-5-3-6-10-17)21(28)25-22-23-18(15-29-22)14-26-11-7-4-8-12-26/h3,5-6,9-10,15-16,20H,4,7-8,11-14H2,1-2H3,(H,24,27)(H,23,25,28)/t20-/m0/s1. The number of hydrogen-bond acceptors (Lipinski definition) is 5. The smallest absolute Gasteiger partial charge is 0.248 e. The van der Waals surface area contributed by atoms with Crippen LogP contribution in [0.4, 0.5) is 5.13 Å². The number of rotatable bonds is 8. The van der Waals surface area contributed by atoms with E-state index in [1.54, 1.807) is 0 Å². The largest absolute Gasteiger partial charge is 0.344 e. The highest BCUT2D eigenvalue weighted by molar-refractivity contribution is 7.13. The van der Waals surface area contributed by atoms with Crippen molar-refractivity contribution in [2.75, 3.05) is 18.4 Å². The number of nitrogens with zero attached hydrogens (tertiary/aromatic N) is 2. The molecule has 1 aromatic carbocycles. The van der Waals surface area contributed by atoms with Crippen LogP contribution < -0.4 is 10.6 Å². The second kappa shape index (κ2) is 10.5. The topological polar surface area (TPSA) is 74.3 Å². The average molecular weight is 415 g/mol. The minimum Gasteiger partial charge on any atom is -0.344 e. The molecular formula is C22H30N4O2S. The summed E-state index contributed by atoms with van der Waals surface area (Å²) in [5.41, 5.74) is 1.91. The summed E-state index contributed by atoms with van der Waals surface area (Å²) in [6, 6.07) is 8.94. The summed E-state index contributed by atoms with van der Waals surface area (Å²) in [6.07, 6.45) is 4.05. The van der Waals surface area contributed by atoms with Crippen molar-refractivity contribution in [3.63, 3.8) is 0 Å². The fourth-order valence-corrected chi connectivity index (χ4v) is 4.21. The van der Waals surface area contributed by atoms with Crippen molar-refractivity contribution < 1.29 is 9.59 Å². The van der Waals surface area contributed by atoms with Crippen molar-refractivity contribution in [2.45, 2.75) is 52.1 Å². The van der Waals surface area contributed by atoms with Crippen LogP contribution >= 0.6 is 11.3 Å². The molecule has 0 spiro atoms. The number of aromatic nitrogens is 1. The Kier molecular flexibility index (Phi) is 7.77. The van der Waals surface area contributed by atoms with Crippen molar-refractivity contribution in [1.29, 1.82) is 0 Å². The van der Waals surface area contributed by atoms with Crippen LogP contribution in [-0.2, 0) is 22.6 Å². The highest BCUT2D eigenvalue weighted by Crippen LogP contribution is 2.19. The zero-order valence-electron chi connectivity index (χ0n) is 17.2. The first-order chi connectivity index (χ1) is 14.0. The monoisotopic (exact) mass is 414 g/mol. The Morgan fingerprint density at radius 3 is 2.55 bits per heavy atom. The van der Waals surface area contributed by atoms with Crippen LogP contribution in [-0.4, -0.2) is 40.8 Å². The third-order valence-corrected chi connectivity index (χ3v) is 5.90. The first-order valence-electron chi connectivity index (χ1n) is 10.3. The Morgan fingerprint density at radius 2 is 1.86 bits per heavy atom. The van der Waals surface area contributed by atoms with Crippen molar-refractivity contribution in [3.8, 4) is 0 Å². The maximum absolute atomic E-state index is 12.8. The number of thiazole rings is 1. The van der Waals surface area contributed by atoms with Gasteiger partial charge in [-0.05, 0) is 37.4 Å². The molecule has 6 nitrogen and oxygen atoms in total. The normalized spacial score (nSPS) is 15.8. The second-order valence-corrected chi connectivity index (χ2v) is 8.78. The summed E-state index contributed by atoms with van der Waals surface area (Å²) in [5.74, 6) is -0.405. The van der Waals surface area contributed by atoms with E-state index in [1.165, 1.54) is 30.6 Å². The van der Waals surface area contributed by atoms with Crippen LogP contribution in [0.2, 0.25) is 0 Å². The Balaban J connectivity index is 1.54. The van der Waals surface area contributed by atoms with Crippen LogP contribution in [0.1, 0.15) is 44.4 Å². The molecule has 0 bridgehead atoms. The molecule has 2 heterocycles. The highest BCUT2D eigenvalue weighted by Gasteiger charge is 2.25. The molecule has 1 fully saturated rings. The van der Waals surface area contributed by atoms with Crippen molar-refractivity contribution in [2.24, 2.45) is 5.92 Å². The van der Waals surface area contributed by atoms with Gasteiger partial charge in [0.2, 0.25) is 11.8 Å². The number of hydrogen-bond donors (Lipinski definition) is 2. The van der Waals surface area contributed by atoms with E-state index in [1.807, 2.05) is 49.6 Å². The molecule has 1 aliphatic heterocycles. The number of carbonyl (C=O) groups is 2. The minimum atomic E-state index is -0.597. The Morgan fingerprint density at radius 1 is 1.14 bits per heavy atom. The molecule has 1 saturated heterocycles. The predicted octanol–water partition coefficient (Wildman–Crippen LogP) is 3.45. The van der Waals surface area contributed by atoms with Gasteiger partial charge in [0.05, 0.1) is 12.1 Å². The third-order valence-electron chi connectivity index (χ3n) is 5.09. The zero-order valence-corrected chi connectivity index (χ0v) is 18.0. The summed E-state index contributed by atoms with van der Waals surface area (Å²) in [7, 11) is 0. The van der Waals surface area contributed by atoms with Crippen molar-refractivity contribution in [1.82, 2.24) is 15.2 Å². The summed E-state index contributed by atoms with van der Waals surface area (Å²) < 4.78 is 0. The molecule has 7 heteroatoms. The fourth-order valence-electron chi connectivity index (χ4n) is 3.51. The molecule has 3 rings (SSSR count). The second-order valence-electron chi connectivity index (χ2n) is 7.92. The molecule has 0 radical (unpaired) electrons. The third kappa shape index (κ3) is 6.65. The lowest BCUT2D eigenvalue weighted by molar-refractivity contribution is -0.127. The summed E-state index contributed by atoms with van der Waals surface area (Å²) in [4.78, 5) is 32.1. The van der Waals surface area contributed by atoms with Gasteiger partial charge in [0.25, 0.3) is 0 Å². The number of carbonyl (C=O) groups excluding carboxylic acids is 2. The maximum Gasteiger partial charge on any atom is 0.248 e. The van der Waals surface area contributed by atoms with Gasteiger partial charge >= 0.3 is 0 Å². The van der Waals surface area contributed by atoms with E-state index in [2.05, 4.69) is 20.5 Å². The molecular weight excluding hydrogens is 384 g/mol. The van der Waals surface area contributed by atoms with Gasteiger partial charge in [-0.15, -0.1) is 11.3 Å². The van der Waals surface area contributed by atoms with Gasteiger partial charge in [-0.3, -0.25) is 14.5 Å². The van der Waals surface area contributed by atoms with E-state index >= 15 is 0 Å². The van der Waals surface area contributed by atoms with Gasteiger partial charge in [-0.25, -0.2) is 4.98 Å². The van der Waals surface area contributed by atoms with Gasteiger partial charge in [0, 0.05) is 11.9 Å². The van der Waals surface area contributed by atoms with Gasteiger partial charge < -0.3 is 10.6 Å². The summed E-state index contributed by atoms with van der Waals surface area (Å²) in [5, 5.41) is 8.35. The lowest BCUT2D eigenvalue weighted by Gasteiger charge is -2.25. The van der Waals surface area contributed by atoms with E-state index in [9.17, 15) is 9.59 Å². The lowest BCUT2D eigenvalue weighted by Crippen LogP contribution is -2.47. The first-order valence-corrected chi connectivity index (χ1v) is 11.2. The van der Waals surface area contributed by atoms with Gasteiger partial charge in [0.15, 0.2) is 5.13 Å². The molecule has 0 aliphatic carbocycles. The molecule has 1 aliphatic rings. The predicted molar refractivity (Wildman–Crippen MR) is 117 cm³/mol. The van der Waals surface area contributed by atoms with E-state index in [0.717, 1.165) is 30.9 Å². The maximum atomic E-state index is 12.8. The van der Waals surface area contributed by atoms with Crippen LogP contribution in [0.15, 0.2) is 35.7 Å². The Bertz CT molecular complexity index is 800. The summed E-state index contributed by atoms with van der Waals surface area (Å²) >= 11 is 1.43. The molecule has 156 valence electrons. The van der Waals surface area contributed by atoms with Gasteiger partial charge in [-0.2, -0.15) is 0 Å². The zero-order chi connectivity index (χ0) is 20.6. The molecule has 2 aromatic rings. The quantitative estimate of drug-likeness (QED) is 0.694. The van der Waals surface area contributed by atoms with Gasteiger partial charge in [-0.1, -0.05) is 50.6 Å². The SMILES string of the molecule is CC(C)[C@H](NC(=O)Cc1ccccc1)C(=O)Nc1nc(CN2CCCCC2)cs1. The Labute approximate surface area is 176 Å². The van der Waals surface area contributed by atoms with Crippen LogP contribution in [0.3, 0.4) is 0 Å². The van der Waals surface area contributed by atoms with Crippen LogP contribution in [0.25, 0.3) is 0 Å². The lowest BCUT2D eigenvalue weighted by atomic mass is 10.0. The Hall–Kier alpha value is -2.25. The molecule has 0 unspecified atom stereocenters. The van der Waals surface area contributed by atoms with E-state index < -0.39 is 6.04 Å². The van der Waals surface area contributed by atoms with Crippen molar-refractivity contribution in [3.05, 3.63) is 47.0 Å². The average Bonchev–Trinajstić information content (AvgIpc) is 3.14. The fraction of sp³-hybridized carbons (Fsp3) is 0.500. The molecule has 1 atom stereocenters. The number of amides is 2. The molecule has 1 aromatic heterocycles. The molecule has 0 saturated carbocycles. The van der Waals surface area contributed by atoms with Crippen LogP contribution in [0, 0.1) is 5.92 Å². The number of nitrogens with one attached hydrogen (secondary N) is 2. The van der Waals surface area contributed by atoms with Crippen molar-refractivity contribution >= 4 is 28.3 Å². The highest BCUT2D eigenvalue weighted by atomic mass is 32.1. The van der Waals surface area contributed by atoms with Crippen LogP contribution in [0.5, 0.6) is 0 Å². The number of benzene rings is 1. The number of likely N-dealkylation sites (tertiary alicyclic amines) is 1.